The zero-order valence-electron chi connectivity index (χ0n) is 25.5. The molecule has 0 unspecified atom stereocenters. The SMILES string of the molecule is CCCCCCCCCCCCCCCCCCCCCCOC[C@H](COP1(=O)OCCO1)OC(=O)N(C)C. The summed E-state index contributed by atoms with van der Waals surface area (Å²) >= 11 is 0. The van der Waals surface area contributed by atoms with E-state index in [1.807, 2.05) is 0 Å². The van der Waals surface area contributed by atoms with Crippen molar-refractivity contribution in [2.75, 3.05) is 47.1 Å². The first kappa shape index (κ1) is 36.4. The van der Waals surface area contributed by atoms with Crippen molar-refractivity contribution >= 4 is 13.9 Å². The topological polar surface area (TPSA) is 83.5 Å². The number of rotatable bonds is 27. The molecule has 8 nitrogen and oxygen atoms in total. The molecule has 1 aliphatic rings. The van der Waals surface area contributed by atoms with E-state index in [0.717, 1.165) is 12.8 Å². The maximum absolute atomic E-state index is 12.2. The normalized spacial score (nSPS) is 15.5. The summed E-state index contributed by atoms with van der Waals surface area (Å²) in [5, 5.41) is 0. The van der Waals surface area contributed by atoms with Gasteiger partial charge < -0.3 is 14.4 Å². The molecule has 9 heteroatoms. The minimum absolute atomic E-state index is 0.101. The van der Waals surface area contributed by atoms with Gasteiger partial charge in [0, 0.05) is 20.7 Å². The van der Waals surface area contributed by atoms with Gasteiger partial charge in [0.2, 0.25) is 0 Å². The first-order valence-corrected chi connectivity index (χ1v) is 17.4. The van der Waals surface area contributed by atoms with Crippen LogP contribution >= 0.6 is 7.82 Å². The number of hydrogen-bond acceptors (Lipinski definition) is 7. The molecule has 1 heterocycles. The van der Waals surface area contributed by atoms with Crippen LogP contribution in [0.15, 0.2) is 0 Å². The molecule has 0 aromatic heterocycles. The van der Waals surface area contributed by atoms with E-state index in [0.29, 0.717) is 6.61 Å². The quantitative estimate of drug-likeness (QED) is 0.0711. The number of nitrogens with zero attached hydrogens (tertiary/aromatic N) is 1. The van der Waals surface area contributed by atoms with Crippen molar-refractivity contribution in [3.8, 4) is 0 Å². The lowest BCUT2D eigenvalue weighted by atomic mass is 10.0. The Labute approximate surface area is 239 Å². The molecule has 1 aliphatic heterocycles. The van der Waals surface area contributed by atoms with Crippen molar-refractivity contribution in [3.05, 3.63) is 0 Å². The maximum atomic E-state index is 12.2. The molecule has 0 spiro atoms. The first-order chi connectivity index (χ1) is 19.0. The molecule has 1 amide bonds. The van der Waals surface area contributed by atoms with Gasteiger partial charge in [-0.3, -0.25) is 13.6 Å². The summed E-state index contributed by atoms with van der Waals surface area (Å²) in [7, 11) is -0.328. The van der Waals surface area contributed by atoms with Crippen molar-refractivity contribution in [1.29, 1.82) is 0 Å². The van der Waals surface area contributed by atoms with Gasteiger partial charge in [0.25, 0.3) is 0 Å². The number of amides is 1. The van der Waals surface area contributed by atoms with Crippen molar-refractivity contribution < 1.29 is 32.4 Å². The van der Waals surface area contributed by atoms with Crippen LogP contribution in [0.1, 0.15) is 135 Å². The van der Waals surface area contributed by atoms with E-state index in [9.17, 15) is 9.36 Å². The monoisotopic (exact) mass is 577 g/mol. The number of carbonyl (C=O) groups excluding carboxylic acids is 1. The molecule has 1 atom stereocenters. The summed E-state index contributed by atoms with van der Waals surface area (Å²) in [4.78, 5) is 13.2. The second kappa shape index (κ2) is 25.1. The summed E-state index contributed by atoms with van der Waals surface area (Å²) in [5.74, 6) is 0. The summed E-state index contributed by atoms with van der Waals surface area (Å²) in [6.45, 7) is 3.42. The van der Waals surface area contributed by atoms with E-state index in [1.54, 1.807) is 14.1 Å². The first-order valence-electron chi connectivity index (χ1n) is 16.0. The van der Waals surface area contributed by atoms with E-state index >= 15 is 0 Å². The van der Waals surface area contributed by atoms with Crippen molar-refractivity contribution in [2.45, 2.75) is 141 Å². The molecule has 0 aromatic carbocycles. The zero-order chi connectivity index (χ0) is 28.4. The van der Waals surface area contributed by atoms with Crippen LogP contribution in [-0.2, 0) is 27.6 Å². The second-order valence-electron chi connectivity index (χ2n) is 11.1. The maximum Gasteiger partial charge on any atom is 0.475 e. The van der Waals surface area contributed by atoms with Gasteiger partial charge in [0.05, 0.1) is 26.4 Å². The Kier molecular flexibility index (Phi) is 23.4. The van der Waals surface area contributed by atoms with E-state index < -0.39 is 20.0 Å². The van der Waals surface area contributed by atoms with Crippen LogP contribution in [0, 0.1) is 0 Å². The molecule has 39 heavy (non-hydrogen) atoms. The van der Waals surface area contributed by atoms with Gasteiger partial charge in [0.1, 0.15) is 0 Å². The zero-order valence-corrected chi connectivity index (χ0v) is 26.4. The van der Waals surface area contributed by atoms with Gasteiger partial charge in [-0.05, 0) is 6.42 Å². The van der Waals surface area contributed by atoms with Crippen LogP contribution in [0.5, 0.6) is 0 Å². The van der Waals surface area contributed by atoms with Crippen LogP contribution in [0.25, 0.3) is 0 Å². The van der Waals surface area contributed by atoms with Crippen LogP contribution in [0.3, 0.4) is 0 Å². The standard InChI is InChI=1S/C30H60NO7P/c1-4-5-6-7-8-9-10-11-12-13-14-15-16-17-18-19-20-21-22-23-24-34-27-29(38-30(32)31(2)3)28-37-39(33)35-25-26-36-39/h29H,4-28H2,1-3H3/t29-/m1/s1. The third-order valence-electron chi connectivity index (χ3n) is 7.08. The lowest BCUT2D eigenvalue weighted by Gasteiger charge is -2.21. The Hall–Kier alpha value is -0.660. The lowest BCUT2D eigenvalue weighted by Crippen LogP contribution is -2.33. The fourth-order valence-electron chi connectivity index (χ4n) is 4.62. The summed E-state index contributed by atoms with van der Waals surface area (Å²) in [6, 6.07) is 0. The molecule has 0 radical (unpaired) electrons. The number of hydrogen-bond donors (Lipinski definition) is 0. The van der Waals surface area contributed by atoms with Crippen LogP contribution in [0.4, 0.5) is 4.79 Å². The molecule has 0 aromatic rings. The predicted octanol–water partition coefficient (Wildman–Crippen LogP) is 9.06. The Balaban J connectivity index is 1.89. The molecule has 0 aliphatic carbocycles. The lowest BCUT2D eigenvalue weighted by molar-refractivity contribution is -0.0156. The predicted molar refractivity (Wildman–Crippen MR) is 158 cm³/mol. The Morgan fingerprint density at radius 2 is 1.10 bits per heavy atom. The van der Waals surface area contributed by atoms with Gasteiger partial charge in [-0.1, -0.05) is 129 Å². The van der Waals surface area contributed by atoms with Crippen molar-refractivity contribution in [1.82, 2.24) is 4.90 Å². The van der Waals surface area contributed by atoms with Crippen molar-refractivity contribution in [2.24, 2.45) is 0 Å². The number of phosphoric acid groups is 1. The highest BCUT2D eigenvalue weighted by atomic mass is 31.2. The Bertz CT molecular complexity index is 610. The summed E-state index contributed by atoms with van der Waals surface area (Å²) in [6.07, 6.45) is 25.9. The molecular formula is C30H60NO7P. The molecule has 1 rings (SSSR count). The molecule has 232 valence electrons. The fraction of sp³-hybridized carbons (Fsp3) is 0.967. The van der Waals surface area contributed by atoms with Crippen LogP contribution in [-0.4, -0.2) is 64.2 Å². The number of ether oxygens (including phenoxy) is 2. The van der Waals surface area contributed by atoms with E-state index in [2.05, 4.69) is 6.92 Å². The van der Waals surface area contributed by atoms with E-state index in [4.69, 9.17) is 23.0 Å². The average molecular weight is 578 g/mol. The fourth-order valence-corrected chi connectivity index (χ4v) is 5.79. The third kappa shape index (κ3) is 21.7. The highest BCUT2D eigenvalue weighted by Gasteiger charge is 2.33. The molecule has 0 N–H and O–H groups in total. The summed E-state index contributed by atoms with van der Waals surface area (Å²) in [5.41, 5.74) is 0. The second-order valence-corrected chi connectivity index (χ2v) is 12.8. The molecule has 0 saturated carbocycles. The number of carbonyl (C=O) groups is 1. The van der Waals surface area contributed by atoms with E-state index in [-0.39, 0.29) is 26.4 Å². The smallest absolute Gasteiger partial charge is 0.441 e. The minimum Gasteiger partial charge on any atom is -0.441 e. The highest BCUT2D eigenvalue weighted by molar-refractivity contribution is 7.48. The van der Waals surface area contributed by atoms with Gasteiger partial charge >= 0.3 is 13.9 Å². The van der Waals surface area contributed by atoms with Crippen molar-refractivity contribution in [3.63, 3.8) is 0 Å². The molecule has 1 saturated heterocycles. The highest BCUT2D eigenvalue weighted by Crippen LogP contribution is 2.52. The van der Waals surface area contributed by atoms with Crippen LogP contribution in [0.2, 0.25) is 0 Å². The molecular weight excluding hydrogens is 517 g/mol. The van der Waals surface area contributed by atoms with Gasteiger partial charge in [-0.2, -0.15) is 0 Å². The van der Waals surface area contributed by atoms with Gasteiger partial charge in [-0.15, -0.1) is 0 Å². The third-order valence-corrected chi connectivity index (χ3v) is 8.54. The van der Waals surface area contributed by atoms with Gasteiger partial charge in [-0.25, -0.2) is 9.36 Å². The average Bonchev–Trinajstić information content (AvgIpc) is 3.36. The Morgan fingerprint density at radius 3 is 1.51 bits per heavy atom. The van der Waals surface area contributed by atoms with Gasteiger partial charge in [0.15, 0.2) is 6.10 Å². The number of unbranched alkanes of at least 4 members (excludes halogenated alkanes) is 19. The number of phosphoric ester groups is 1. The van der Waals surface area contributed by atoms with Crippen LogP contribution < -0.4 is 0 Å². The largest absolute Gasteiger partial charge is 0.475 e. The van der Waals surface area contributed by atoms with E-state index in [1.165, 1.54) is 120 Å². The Morgan fingerprint density at radius 1 is 0.692 bits per heavy atom. The molecule has 0 bridgehead atoms. The summed E-state index contributed by atoms with van der Waals surface area (Å²) < 4.78 is 38.5. The minimum atomic E-state index is -3.53. The molecule has 1 fully saturated rings.